The molecule has 0 radical (unpaired) electrons. The second-order valence-electron chi connectivity index (χ2n) is 3.79. The van der Waals surface area contributed by atoms with Crippen LogP contribution in [0.5, 0.6) is 0 Å². The maximum absolute atomic E-state index is 12.7. The van der Waals surface area contributed by atoms with Gasteiger partial charge >= 0.3 is 0 Å². The Morgan fingerprint density at radius 3 is 2.50 bits per heavy atom. The molecule has 0 atom stereocenters. The molecule has 0 aliphatic carbocycles. The van der Waals surface area contributed by atoms with Gasteiger partial charge < -0.3 is 10.8 Å². The molecule has 0 amide bonds. The summed E-state index contributed by atoms with van der Waals surface area (Å²) < 4.78 is 50.2. The molecular weight excluding hydrogens is 266 g/mol. The van der Waals surface area contributed by atoms with Crippen molar-refractivity contribution in [2.45, 2.75) is 11.7 Å². The Bertz CT molecular complexity index is 506. The minimum atomic E-state index is -3.92. The molecule has 0 aromatic heterocycles. The van der Waals surface area contributed by atoms with Gasteiger partial charge in [-0.25, -0.2) is 21.9 Å². The molecule has 0 aliphatic heterocycles. The van der Waals surface area contributed by atoms with Gasteiger partial charge in [-0.05, 0) is 11.6 Å². The molecule has 0 spiro atoms. The fraction of sp³-hybridized carbons (Fsp3) is 0.400. The predicted octanol–water partition coefficient (Wildman–Crippen LogP) is 0.316. The van der Waals surface area contributed by atoms with Crippen molar-refractivity contribution < 1.29 is 22.3 Å². The maximum atomic E-state index is 12.7. The normalized spacial score (nSPS) is 12.6. The Balaban J connectivity index is 2.69. The number of alkyl halides is 2. The highest BCUT2D eigenvalue weighted by atomic mass is 32.2. The molecule has 0 unspecified atom stereocenters. The number of hydrogen-bond acceptors (Lipinski definition) is 4. The van der Waals surface area contributed by atoms with Crippen molar-refractivity contribution >= 4 is 15.7 Å². The van der Waals surface area contributed by atoms with Crippen LogP contribution in [0.15, 0.2) is 24.3 Å². The number of nitrogens with two attached hydrogens (primary N) is 1. The van der Waals surface area contributed by atoms with E-state index in [0.717, 1.165) is 0 Å². The Morgan fingerprint density at radius 2 is 1.94 bits per heavy atom. The van der Waals surface area contributed by atoms with Gasteiger partial charge in [0.1, 0.15) is 6.61 Å². The molecular formula is C10H14F2N2O3S. The smallest absolute Gasteiger partial charge is 0.283 e. The van der Waals surface area contributed by atoms with Crippen LogP contribution in [0.3, 0.4) is 0 Å². The van der Waals surface area contributed by atoms with Crippen molar-refractivity contribution in [1.29, 1.82) is 0 Å². The number of para-hydroxylation sites is 1. The van der Waals surface area contributed by atoms with E-state index < -0.39 is 34.9 Å². The van der Waals surface area contributed by atoms with Gasteiger partial charge in [-0.15, -0.1) is 0 Å². The number of sulfonamides is 1. The van der Waals surface area contributed by atoms with Crippen LogP contribution >= 0.6 is 0 Å². The summed E-state index contributed by atoms with van der Waals surface area (Å²) in [5.74, 6) is -3.96. The van der Waals surface area contributed by atoms with Crippen LogP contribution in [0.4, 0.5) is 14.5 Å². The number of rotatable bonds is 6. The molecule has 102 valence electrons. The van der Waals surface area contributed by atoms with E-state index in [-0.39, 0.29) is 5.69 Å². The van der Waals surface area contributed by atoms with E-state index in [9.17, 15) is 17.2 Å². The molecule has 0 fully saturated rings. The number of anilines is 1. The first-order chi connectivity index (χ1) is 8.26. The number of aliphatic hydroxyl groups is 1. The third-order valence-electron chi connectivity index (χ3n) is 2.18. The van der Waals surface area contributed by atoms with Gasteiger partial charge in [0.05, 0.1) is 12.3 Å². The summed E-state index contributed by atoms with van der Waals surface area (Å²) in [4.78, 5) is 0. The van der Waals surface area contributed by atoms with Gasteiger partial charge in [-0.1, -0.05) is 18.2 Å². The first-order valence-corrected chi connectivity index (χ1v) is 6.70. The van der Waals surface area contributed by atoms with Crippen LogP contribution in [-0.4, -0.2) is 32.6 Å². The van der Waals surface area contributed by atoms with E-state index in [4.69, 9.17) is 10.8 Å². The third-order valence-corrected chi connectivity index (χ3v) is 3.46. The first kappa shape index (κ1) is 14.8. The van der Waals surface area contributed by atoms with Crippen molar-refractivity contribution in [1.82, 2.24) is 4.72 Å². The monoisotopic (exact) mass is 280 g/mol. The molecule has 5 nitrogen and oxygen atoms in total. The quantitative estimate of drug-likeness (QED) is 0.654. The SMILES string of the molecule is Nc1ccccc1CS(=O)(=O)NCC(F)(F)CO. The molecule has 0 saturated carbocycles. The molecule has 0 aliphatic rings. The topological polar surface area (TPSA) is 92.4 Å². The highest BCUT2D eigenvalue weighted by Gasteiger charge is 2.29. The summed E-state index contributed by atoms with van der Waals surface area (Å²) in [6.07, 6.45) is 0. The highest BCUT2D eigenvalue weighted by Crippen LogP contribution is 2.15. The van der Waals surface area contributed by atoms with E-state index in [1.807, 2.05) is 0 Å². The van der Waals surface area contributed by atoms with E-state index in [1.165, 1.54) is 12.1 Å². The summed E-state index contributed by atoms with van der Waals surface area (Å²) in [6.45, 7) is -2.55. The zero-order chi connectivity index (χ0) is 13.8. The Labute approximate surface area is 104 Å². The van der Waals surface area contributed by atoms with Crippen LogP contribution in [0.1, 0.15) is 5.56 Å². The summed E-state index contributed by atoms with van der Waals surface area (Å²) in [5, 5.41) is 8.32. The minimum absolute atomic E-state index is 0.275. The van der Waals surface area contributed by atoms with Crippen molar-refractivity contribution in [3.63, 3.8) is 0 Å². The predicted molar refractivity (Wildman–Crippen MR) is 63.5 cm³/mol. The zero-order valence-corrected chi connectivity index (χ0v) is 10.3. The fourth-order valence-electron chi connectivity index (χ4n) is 1.19. The molecule has 8 heteroatoms. The van der Waals surface area contributed by atoms with E-state index >= 15 is 0 Å². The lowest BCUT2D eigenvalue weighted by Gasteiger charge is -2.14. The Hall–Kier alpha value is -1.25. The van der Waals surface area contributed by atoms with Crippen molar-refractivity contribution in [3.8, 4) is 0 Å². The average Bonchev–Trinajstić information content (AvgIpc) is 2.30. The van der Waals surface area contributed by atoms with Gasteiger partial charge in [0, 0.05) is 5.69 Å². The lowest BCUT2D eigenvalue weighted by Crippen LogP contribution is -2.39. The molecule has 0 saturated heterocycles. The molecule has 18 heavy (non-hydrogen) atoms. The van der Waals surface area contributed by atoms with Gasteiger partial charge in [0.15, 0.2) is 0 Å². The number of benzene rings is 1. The number of halogens is 2. The van der Waals surface area contributed by atoms with E-state index in [2.05, 4.69) is 0 Å². The van der Waals surface area contributed by atoms with Crippen LogP contribution in [0.25, 0.3) is 0 Å². The number of nitrogens with one attached hydrogen (secondary N) is 1. The standard InChI is InChI=1S/C10H14F2N2O3S/c11-10(12,7-15)6-14-18(16,17)5-8-3-1-2-4-9(8)13/h1-4,14-15H,5-7,13H2. The van der Waals surface area contributed by atoms with Crippen molar-refractivity contribution in [2.24, 2.45) is 0 Å². The summed E-state index contributed by atoms with van der Waals surface area (Å²) >= 11 is 0. The summed E-state index contributed by atoms with van der Waals surface area (Å²) in [7, 11) is -3.92. The van der Waals surface area contributed by atoms with E-state index in [1.54, 1.807) is 16.9 Å². The lowest BCUT2D eigenvalue weighted by atomic mass is 10.2. The van der Waals surface area contributed by atoms with Gasteiger partial charge in [-0.2, -0.15) is 0 Å². The van der Waals surface area contributed by atoms with Crippen molar-refractivity contribution in [2.75, 3.05) is 18.9 Å². The molecule has 0 bridgehead atoms. The van der Waals surface area contributed by atoms with Crippen LogP contribution < -0.4 is 10.5 Å². The first-order valence-electron chi connectivity index (χ1n) is 5.05. The van der Waals surface area contributed by atoms with Crippen molar-refractivity contribution in [3.05, 3.63) is 29.8 Å². The van der Waals surface area contributed by atoms with Crippen LogP contribution in [0.2, 0.25) is 0 Å². The van der Waals surface area contributed by atoms with E-state index in [0.29, 0.717) is 5.56 Å². The molecule has 1 aromatic carbocycles. The average molecular weight is 280 g/mol. The molecule has 0 heterocycles. The molecule has 1 rings (SSSR count). The summed E-state index contributed by atoms with van der Waals surface area (Å²) in [5.41, 5.74) is 6.16. The van der Waals surface area contributed by atoms with Gasteiger partial charge in [0.2, 0.25) is 10.0 Å². The van der Waals surface area contributed by atoms with Crippen LogP contribution in [0, 0.1) is 0 Å². The second kappa shape index (κ2) is 5.59. The number of nitrogen functional groups attached to an aromatic ring is 1. The second-order valence-corrected chi connectivity index (χ2v) is 5.60. The van der Waals surface area contributed by atoms with Gasteiger partial charge in [0.25, 0.3) is 5.92 Å². The summed E-state index contributed by atoms with van der Waals surface area (Å²) in [6, 6.07) is 6.26. The zero-order valence-electron chi connectivity index (χ0n) is 9.44. The maximum Gasteiger partial charge on any atom is 0.283 e. The molecule has 4 N–H and O–H groups in total. The Kier molecular flexibility index (Phi) is 4.60. The third kappa shape index (κ3) is 4.55. The van der Waals surface area contributed by atoms with Crippen LogP contribution in [-0.2, 0) is 15.8 Å². The number of hydrogen-bond donors (Lipinski definition) is 3. The highest BCUT2D eigenvalue weighted by molar-refractivity contribution is 7.88. The minimum Gasteiger partial charge on any atom is -0.398 e. The van der Waals surface area contributed by atoms with Gasteiger partial charge in [-0.3, -0.25) is 0 Å². The molecule has 1 aromatic rings. The fourth-order valence-corrected chi connectivity index (χ4v) is 2.40. The largest absolute Gasteiger partial charge is 0.398 e. The Morgan fingerprint density at radius 1 is 1.33 bits per heavy atom. The number of aliphatic hydroxyl groups excluding tert-OH is 1. The lowest BCUT2D eigenvalue weighted by molar-refractivity contribution is -0.0437.